The van der Waals surface area contributed by atoms with Gasteiger partial charge in [0.1, 0.15) is 5.82 Å². The van der Waals surface area contributed by atoms with Gasteiger partial charge in [0.2, 0.25) is 0 Å². The molecule has 5 nitrogen and oxygen atoms in total. The van der Waals surface area contributed by atoms with Gasteiger partial charge >= 0.3 is 6.03 Å². The topological polar surface area (TPSA) is 66.0 Å². The Bertz CT molecular complexity index is 832. The molecular formula is C20H20N4O. The standard InChI is InChI=1S/C20H20N4O/c1-15-7-5-6-8-16(15)13-21-19-12-11-18(14-22-19)24-20(25)23-17-9-3-2-4-10-17/h2-12,14H,13H2,1H3,(H,21,22)(H2,23,24,25). The van der Waals surface area contributed by atoms with Gasteiger partial charge in [-0.1, -0.05) is 42.5 Å². The lowest BCUT2D eigenvalue weighted by atomic mass is 10.1. The van der Waals surface area contributed by atoms with Crippen molar-refractivity contribution < 1.29 is 4.79 Å². The molecule has 3 N–H and O–H groups in total. The summed E-state index contributed by atoms with van der Waals surface area (Å²) >= 11 is 0. The Kier molecular flexibility index (Phi) is 5.26. The van der Waals surface area contributed by atoms with E-state index in [0.717, 1.165) is 11.5 Å². The molecule has 3 aromatic rings. The number of nitrogens with one attached hydrogen (secondary N) is 3. The van der Waals surface area contributed by atoms with Gasteiger partial charge in [-0.05, 0) is 42.3 Å². The second kappa shape index (κ2) is 7.97. The van der Waals surface area contributed by atoms with Gasteiger partial charge in [-0.15, -0.1) is 0 Å². The first-order valence-electron chi connectivity index (χ1n) is 8.08. The summed E-state index contributed by atoms with van der Waals surface area (Å²) in [7, 11) is 0. The Morgan fingerprint density at radius 2 is 1.60 bits per heavy atom. The number of amides is 2. The maximum atomic E-state index is 11.9. The zero-order valence-corrected chi connectivity index (χ0v) is 14.0. The Hall–Kier alpha value is -3.34. The van der Waals surface area contributed by atoms with E-state index in [4.69, 9.17) is 0 Å². The molecule has 0 aliphatic carbocycles. The maximum Gasteiger partial charge on any atom is 0.323 e. The van der Waals surface area contributed by atoms with Crippen LogP contribution in [0.5, 0.6) is 0 Å². The summed E-state index contributed by atoms with van der Waals surface area (Å²) in [5, 5.41) is 8.81. The zero-order chi connectivity index (χ0) is 17.5. The average Bonchev–Trinajstić information content (AvgIpc) is 2.63. The number of rotatable bonds is 5. The van der Waals surface area contributed by atoms with Crippen molar-refractivity contribution in [1.82, 2.24) is 4.98 Å². The van der Waals surface area contributed by atoms with Gasteiger partial charge in [0.15, 0.2) is 0 Å². The van der Waals surface area contributed by atoms with E-state index in [1.807, 2.05) is 54.6 Å². The summed E-state index contributed by atoms with van der Waals surface area (Å²) in [6.45, 7) is 2.80. The van der Waals surface area contributed by atoms with E-state index in [9.17, 15) is 4.79 Å². The number of aromatic nitrogens is 1. The molecule has 2 amide bonds. The van der Waals surface area contributed by atoms with Crippen LogP contribution in [0.2, 0.25) is 0 Å². The summed E-state index contributed by atoms with van der Waals surface area (Å²) < 4.78 is 0. The van der Waals surface area contributed by atoms with E-state index >= 15 is 0 Å². The number of pyridine rings is 1. The van der Waals surface area contributed by atoms with Crippen LogP contribution in [0.25, 0.3) is 0 Å². The van der Waals surface area contributed by atoms with Gasteiger partial charge in [0, 0.05) is 12.2 Å². The second-order valence-corrected chi connectivity index (χ2v) is 5.66. The van der Waals surface area contributed by atoms with Crippen LogP contribution in [-0.4, -0.2) is 11.0 Å². The molecule has 0 bridgehead atoms. The highest BCUT2D eigenvalue weighted by Crippen LogP contribution is 2.13. The molecule has 0 atom stereocenters. The molecule has 0 saturated heterocycles. The minimum Gasteiger partial charge on any atom is -0.366 e. The first kappa shape index (κ1) is 16.5. The number of hydrogen-bond acceptors (Lipinski definition) is 3. The molecule has 1 heterocycles. The van der Waals surface area contributed by atoms with Crippen molar-refractivity contribution in [2.75, 3.05) is 16.0 Å². The number of urea groups is 1. The molecule has 126 valence electrons. The average molecular weight is 332 g/mol. The molecule has 2 aromatic carbocycles. The summed E-state index contributed by atoms with van der Waals surface area (Å²) in [5.41, 5.74) is 3.85. The van der Waals surface area contributed by atoms with E-state index in [2.05, 4.69) is 40.0 Å². The summed E-state index contributed by atoms with van der Waals surface area (Å²) in [4.78, 5) is 16.3. The molecule has 0 unspecified atom stereocenters. The largest absolute Gasteiger partial charge is 0.366 e. The third-order valence-corrected chi connectivity index (χ3v) is 3.77. The van der Waals surface area contributed by atoms with Crippen molar-refractivity contribution in [3.63, 3.8) is 0 Å². The number of carbonyl (C=O) groups is 1. The molecule has 0 radical (unpaired) electrons. The molecule has 3 rings (SSSR count). The van der Waals surface area contributed by atoms with Crippen LogP contribution in [0.4, 0.5) is 22.0 Å². The first-order chi connectivity index (χ1) is 12.2. The first-order valence-corrected chi connectivity index (χ1v) is 8.08. The lowest BCUT2D eigenvalue weighted by Gasteiger charge is -2.10. The van der Waals surface area contributed by atoms with Gasteiger partial charge in [0.25, 0.3) is 0 Å². The van der Waals surface area contributed by atoms with Gasteiger partial charge < -0.3 is 16.0 Å². The number of para-hydroxylation sites is 1. The van der Waals surface area contributed by atoms with Gasteiger partial charge in [-0.3, -0.25) is 0 Å². The summed E-state index contributed by atoms with van der Waals surface area (Å²) in [6, 6.07) is 20.9. The number of carbonyl (C=O) groups excluding carboxylic acids is 1. The smallest absolute Gasteiger partial charge is 0.323 e. The third-order valence-electron chi connectivity index (χ3n) is 3.77. The molecule has 0 fully saturated rings. The van der Waals surface area contributed by atoms with Crippen LogP contribution >= 0.6 is 0 Å². The van der Waals surface area contributed by atoms with Crippen molar-refractivity contribution in [3.05, 3.63) is 84.1 Å². The number of benzene rings is 2. The second-order valence-electron chi connectivity index (χ2n) is 5.66. The van der Waals surface area contributed by atoms with Crippen LogP contribution < -0.4 is 16.0 Å². The predicted molar refractivity (Wildman–Crippen MR) is 102 cm³/mol. The van der Waals surface area contributed by atoms with Crippen molar-refractivity contribution in [1.29, 1.82) is 0 Å². The normalized spacial score (nSPS) is 10.1. The molecule has 0 aliphatic rings. The number of aryl methyl sites for hydroxylation is 1. The van der Waals surface area contributed by atoms with Crippen LogP contribution in [0.1, 0.15) is 11.1 Å². The van der Waals surface area contributed by atoms with E-state index < -0.39 is 0 Å². The molecule has 25 heavy (non-hydrogen) atoms. The van der Waals surface area contributed by atoms with Crippen molar-refractivity contribution in [2.24, 2.45) is 0 Å². The SMILES string of the molecule is Cc1ccccc1CNc1ccc(NC(=O)Nc2ccccc2)cn1. The molecule has 0 saturated carbocycles. The fourth-order valence-electron chi connectivity index (χ4n) is 2.38. The van der Waals surface area contributed by atoms with Crippen LogP contribution in [0, 0.1) is 6.92 Å². The third kappa shape index (κ3) is 4.81. The molecule has 0 spiro atoms. The minimum atomic E-state index is -0.298. The highest BCUT2D eigenvalue weighted by Gasteiger charge is 2.03. The Morgan fingerprint density at radius 3 is 2.32 bits per heavy atom. The van der Waals surface area contributed by atoms with Crippen molar-refractivity contribution >= 4 is 23.2 Å². The quantitative estimate of drug-likeness (QED) is 0.637. The molecular weight excluding hydrogens is 312 g/mol. The molecule has 0 aliphatic heterocycles. The Morgan fingerprint density at radius 1 is 0.880 bits per heavy atom. The van der Waals surface area contributed by atoms with Gasteiger partial charge in [-0.25, -0.2) is 9.78 Å². The lowest BCUT2D eigenvalue weighted by Crippen LogP contribution is -2.19. The van der Waals surface area contributed by atoms with Crippen LogP contribution in [-0.2, 0) is 6.54 Å². The monoisotopic (exact) mass is 332 g/mol. The maximum absolute atomic E-state index is 11.9. The van der Waals surface area contributed by atoms with E-state index in [1.165, 1.54) is 11.1 Å². The summed E-state index contributed by atoms with van der Waals surface area (Å²) in [5.74, 6) is 0.761. The van der Waals surface area contributed by atoms with E-state index in [-0.39, 0.29) is 6.03 Å². The fourth-order valence-corrected chi connectivity index (χ4v) is 2.38. The van der Waals surface area contributed by atoms with Crippen molar-refractivity contribution in [3.8, 4) is 0 Å². The van der Waals surface area contributed by atoms with E-state index in [0.29, 0.717) is 12.2 Å². The van der Waals surface area contributed by atoms with E-state index in [1.54, 1.807) is 6.20 Å². The van der Waals surface area contributed by atoms with Crippen molar-refractivity contribution in [2.45, 2.75) is 13.5 Å². The number of hydrogen-bond donors (Lipinski definition) is 3. The van der Waals surface area contributed by atoms with Gasteiger partial charge in [0.05, 0.1) is 11.9 Å². The Labute approximate surface area is 147 Å². The number of anilines is 3. The molecule has 1 aromatic heterocycles. The number of nitrogens with zero attached hydrogens (tertiary/aromatic N) is 1. The highest BCUT2D eigenvalue weighted by molar-refractivity contribution is 5.99. The Balaban J connectivity index is 1.53. The van der Waals surface area contributed by atoms with Crippen LogP contribution in [0.3, 0.4) is 0 Å². The highest BCUT2D eigenvalue weighted by atomic mass is 16.2. The molecule has 5 heteroatoms. The zero-order valence-electron chi connectivity index (χ0n) is 14.0. The summed E-state index contributed by atoms with van der Waals surface area (Å²) in [6.07, 6.45) is 1.63. The van der Waals surface area contributed by atoms with Crippen LogP contribution in [0.15, 0.2) is 72.9 Å². The van der Waals surface area contributed by atoms with Gasteiger partial charge in [-0.2, -0.15) is 0 Å². The lowest BCUT2D eigenvalue weighted by molar-refractivity contribution is 0.262. The predicted octanol–water partition coefficient (Wildman–Crippen LogP) is 4.65. The fraction of sp³-hybridized carbons (Fsp3) is 0.100. The minimum absolute atomic E-state index is 0.298.